The van der Waals surface area contributed by atoms with E-state index in [4.69, 9.17) is 9.26 Å². The fourth-order valence-corrected chi connectivity index (χ4v) is 2.94. The van der Waals surface area contributed by atoms with Gasteiger partial charge in [0.1, 0.15) is 11.8 Å². The van der Waals surface area contributed by atoms with Gasteiger partial charge in [-0.3, -0.25) is 0 Å². The maximum atomic E-state index is 12.6. The van der Waals surface area contributed by atoms with Gasteiger partial charge in [-0.25, -0.2) is 4.79 Å². The monoisotopic (exact) mass is 330 g/mol. The minimum absolute atomic E-state index is 0.113. The lowest BCUT2D eigenvalue weighted by atomic mass is 10.0. The molecule has 0 saturated carbocycles. The second-order valence-corrected chi connectivity index (χ2v) is 5.90. The highest BCUT2D eigenvalue weighted by molar-refractivity contribution is 5.74. The van der Waals surface area contributed by atoms with E-state index in [0.717, 1.165) is 30.6 Å². The molecule has 1 aromatic heterocycles. The molecule has 0 aliphatic carbocycles. The van der Waals surface area contributed by atoms with Gasteiger partial charge in [0.25, 0.3) is 0 Å². The number of carbonyl (C=O) groups excluding carboxylic acids is 1. The Bertz CT molecular complexity index is 701. The number of methoxy groups -OCH3 is 1. The Morgan fingerprint density at radius 3 is 3.08 bits per heavy atom. The predicted octanol–water partition coefficient (Wildman–Crippen LogP) is 2.82. The molecule has 7 nitrogen and oxygen atoms in total. The third-order valence-electron chi connectivity index (χ3n) is 4.17. The number of nitrogens with zero attached hydrogens (tertiary/aromatic N) is 3. The summed E-state index contributed by atoms with van der Waals surface area (Å²) in [6.45, 7) is 2.92. The summed E-state index contributed by atoms with van der Waals surface area (Å²) in [6.07, 6.45) is 2.87. The molecule has 2 aromatic rings. The molecule has 1 saturated heterocycles. The summed E-state index contributed by atoms with van der Waals surface area (Å²) in [5.74, 6) is 1.88. The average molecular weight is 330 g/mol. The Hall–Kier alpha value is -2.57. The molecule has 2 amide bonds. The summed E-state index contributed by atoms with van der Waals surface area (Å²) < 4.78 is 10.5. The van der Waals surface area contributed by atoms with Crippen LogP contribution in [0.25, 0.3) is 0 Å². The van der Waals surface area contributed by atoms with Gasteiger partial charge >= 0.3 is 6.03 Å². The Morgan fingerprint density at radius 2 is 2.33 bits per heavy atom. The minimum atomic E-state index is -0.148. The first-order chi connectivity index (χ1) is 11.7. The summed E-state index contributed by atoms with van der Waals surface area (Å²) in [5, 5.41) is 6.81. The van der Waals surface area contributed by atoms with Crippen LogP contribution in [0.4, 0.5) is 4.79 Å². The van der Waals surface area contributed by atoms with E-state index in [2.05, 4.69) is 15.5 Å². The summed E-state index contributed by atoms with van der Waals surface area (Å²) in [7, 11) is 1.63. The van der Waals surface area contributed by atoms with E-state index in [1.54, 1.807) is 18.9 Å². The molecule has 1 aliphatic heterocycles. The highest BCUT2D eigenvalue weighted by Gasteiger charge is 2.31. The van der Waals surface area contributed by atoms with Crippen molar-refractivity contribution in [3.63, 3.8) is 0 Å². The molecule has 0 bridgehead atoms. The van der Waals surface area contributed by atoms with Crippen LogP contribution in [-0.2, 0) is 6.54 Å². The number of ether oxygens (including phenoxy) is 1. The maximum Gasteiger partial charge on any atom is 0.318 e. The van der Waals surface area contributed by atoms with Crippen molar-refractivity contribution in [2.75, 3.05) is 13.7 Å². The van der Waals surface area contributed by atoms with E-state index >= 15 is 0 Å². The second kappa shape index (κ2) is 7.33. The van der Waals surface area contributed by atoms with E-state index in [0.29, 0.717) is 24.8 Å². The average Bonchev–Trinajstić information content (AvgIpc) is 3.06. The van der Waals surface area contributed by atoms with Crippen molar-refractivity contribution in [2.24, 2.45) is 0 Å². The van der Waals surface area contributed by atoms with Crippen LogP contribution in [0, 0.1) is 6.92 Å². The van der Waals surface area contributed by atoms with E-state index in [1.165, 1.54) is 0 Å². The quantitative estimate of drug-likeness (QED) is 0.932. The second-order valence-electron chi connectivity index (χ2n) is 5.90. The van der Waals surface area contributed by atoms with Crippen LogP contribution < -0.4 is 10.1 Å². The zero-order valence-electron chi connectivity index (χ0n) is 14.0. The molecule has 128 valence electrons. The van der Waals surface area contributed by atoms with Crippen LogP contribution in [0.1, 0.15) is 42.6 Å². The first-order valence-corrected chi connectivity index (χ1v) is 8.15. The Balaban J connectivity index is 1.65. The van der Waals surface area contributed by atoms with Crippen LogP contribution in [0.15, 0.2) is 28.8 Å². The van der Waals surface area contributed by atoms with Crippen molar-refractivity contribution in [3.05, 3.63) is 41.5 Å². The number of aromatic nitrogens is 2. The van der Waals surface area contributed by atoms with Crippen molar-refractivity contribution in [3.8, 4) is 5.75 Å². The van der Waals surface area contributed by atoms with Gasteiger partial charge in [0.05, 0.1) is 7.11 Å². The fraction of sp³-hybridized carbons (Fsp3) is 0.471. The predicted molar refractivity (Wildman–Crippen MR) is 87.6 cm³/mol. The van der Waals surface area contributed by atoms with Crippen LogP contribution in [-0.4, -0.2) is 34.7 Å². The fourth-order valence-electron chi connectivity index (χ4n) is 2.94. The normalized spacial score (nSPS) is 17.6. The highest BCUT2D eigenvalue weighted by Crippen LogP contribution is 2.29. The van der Waals surface area contributed by atoms with E-state index in [9.17, 15) is 4.79 Å². The van der Waals surface area contributed by atoms with Crippen LogP contribution >= 0.6 is 0 Å². The van der Waals surface area contributed by atoms with Crippen LogP contribution in [0.2, 0.25) is 0 Å². The Morgan fingerprint density at radius 1 is 1.46 bits per heavy atom. The Kier molecular flexibility index (Phi) is 4.98. The molecule has 0 radical (unpaired) electrons. The minimum Gasteiger partial charge on any atom is -0.497 e. The van der Waals surface area contributed by atoms with Gasteiger partial charge in [0.15, 0.2) is 5.82 Å². The van der Waals surface area contributed by atoms with Crippen molar-refractivity contribution < 1.29 is 14.1 Å². The summed E-state index contributed by atoms with van der Waals surface area (Å²) in [5.41, 5.74) is 0.991. The van der Waals surface area contributed by atoms with Crippen molar-refractivity contribution in [1.29, 1.82) is 0 Å². The maximum absolute atomic E-state index is 12.6. The zero-order valence-corrected chi connectivity index (χ0v) is 14.0. The molecule has 1 unspecified atom stereocenters. The molecule has 0 spiro atoms. The number of rotatable bonds is 4. The number of urea groups is 1. The number of carbonyl (C=O) groups is 1. The zero-order chi connectivity index (χ0) is 16.9. The lowest BCUT2D eigenvalue weighted by Crippen LogP contribution is -2.44. The number of likely N-dealkylation sites (tertiary alicyclic amines) is 1. The molecular weight excluding hydrogens is 308 g/mol. The summed E-state index contributed by atoms with van der Waals surface area (Å²) in [6, 6.07) is 7.39. The standard InChI is InChI=1S/C17H22N4O3/c1-12-19-16(24-20-12)15-8-3-4-9-21(15)17(22)18-11-13-6-5-7-14(10-13)23-2/h5-7,10,15H,3-4,8-9,11H2,1-2H3,(H,18,22). The molecule has 7 heteroatoms. The SMILES string of the molecule is COc1cccc(CNC(=O)N2CCCCC2c2nc(C)no2)c1. The number of piperidine rings is 1. The molecule has 1 atom stereocenters. The molecule has 1 aliphatic rings. The van der Waals surface area contributed by atoms with E-state index in [-0.39, 0.29) is 12.1 Å². The molecule has 1 aromatic carbocycles. The van der Waals surface area contributed by atoms with Gasteiger partial charge in [-0.2, -0.15) is 4.98 Å². The number of aryl methyl sites for hydroxylation is 1. The highest BCUT2D eigenvalue weighted by atomic mass is 16.5. The molecule has 1 fully saturated rings. The van der Waals surface area contributed by atoms with Crippen LogP contribution in [0.3, 0.4) is 0 Å². The lowest BCUT2D eigenvalue weighted by Gasteiger charge is -2.33. The number of hydrogen-bond acceptors (Lipinski definition) is 5. The van der Waals surface area contributed by atoms with Gasteiger partial charge < -0.3 is 19.5 Å². The van der Waals surface area contributed by atoms with Gasteiger partial charge in [-0.15, -0.1) is 0 Å². The molecular formula is C17H22N4O3. The smallest absolute Gasteiger partial charge is 0.318 e. The number of nitrogens with one attached hydrogen (secondary N) is 1. The van der Waals surface area contributed by atoms with Gasteiger partial charge in [0.2, 0.25) is 5.89 Å². The third-order valence-corrected chi connectivity index (χ3v) is 4.17. The third kappa shape index (κ3) is 3.67. The topological polar surface area (TPSA) is 80.5 Å². The Labute approximate surface area is 141 Å². The summed E-state index contributed by atoms with van der Waals surface area (Å²) >= 11 is 0. The van der Waals surface area contributed by atoms with Crippen molar-refractivity contribution >= 4 is 6.03 Å². The molecule has 24 heavy (non-hydrogen) atoms. The van der Waals surface area contributed by atoms with Crippen molar-refractivity contribution in [1.82, 2.24) is 20.4 Å². The van der Waals surface area contributed by atoms with Gasteiger partial charge in [-0.1, -0.05) is 17.3 Å². The summed E-state index contributed by atoms with van der Waals surface area (Å²) in [4.78, 5) is 18.7. The number of benzene rings is 1. The lowest BCUT2D eigenvalue weighted by molar-refractivity contribution is 0.131. The first kappa shape index (κ1) is 16.3. The molecule has 2 heterocycles. The van der Waals surface area contributed by atoms with E-state index < -0.39 is 0 Å². The first-order valence-electron chi connectivity index (χ1n) is 8.15. The number of hydrogen-bond donors (Lipinski definition) is 1. The van der Waals surface area contributed by atoms with Gasteiger partial charge in [-0.05, 0) is 43.9 Å². The van der Waals surface area contributed by atoms with Gasteiger partial charge in [0, 0.05) is 13.1 Å². The van der Waals surface area contributed by atoms with E-state index in [1.807, 2.05) is 24.3 Å². The van der Waals surface area contributed by atoms with Crippen LogP contribution in [0.5, 0.6) is 5.75 Å². The number of amides is 2. The van der Waals surface area contributed by atoms with Crippen molar-refractivity contribution in [2.45, 2.75) is 38.8 Å². The molecule has 3 rings (SSSR count). The molecule has 1 N–H and O–H groups in total. The largest absolute Gasteiger partial charge is 0.497 e.